The van der Waals surface area contributed by atoms with Crippen molar-refractivity contribution in [1.82, 2.24) is 10.2 Å². The molecule has 0 aromatic heterocycles. The van der Waals surface area contributed by atoms with Crippen LogP contribution in [-0.4, -0.2) is 44.0 Å². The Balaban J connectivity index is 1.33. The average Bonchev–Trinajstić information content (AvgIpc) is 2.83. The number of carbonyl (C=O) groups excluding carboxylic acids is 1. The molecule has 0 saturated carbocycles. The molecule has 3 aromatic rings. The molecule has 1 aliphatic rings. The highest BCUT2D eigenvalue weighted by atomic mass is 16.1. The van der Waals surface area contributed by atoms with Crippen LogP contribution in [-0.2, 0) is 19.4 Å². The van der Waals surface area contributed by atoms with Crippen molar-refractivity contribution in [2.24, 2.45) is 0 Å². The SMILES string of the molecule is CN1CCN(c2ccc(CNC(=O)c3ccccc3CCc3ccccc3)cc2)CC1. The molecule has 0 spiro atoms. The fourth-order valence-electron chi connectivity index (χ4n) is 4.05. The number of hydrogen-bond acceptors (Lipinski definition) is 3. The van der Waals surface area contributed by atoms with Crippen molar-refractivity contribution >= 4 is 11.6 Å². The van der Waals surface area contributed by atoms with Gasteiger partial charge in [-0.15, -0.1) is 0 Å². The summed E-state index contributed by atoms with van der Waals surface area (Å²) in [5, 5.41) is 3.10. The minimum Gasteiger partial charge on any atom is -0.369 e. The second-order valence-corrected chi connectivity index (χ2v) is 8.28. The number of carbonyl (C=O) groups is 1. The molecule has 1 saturated heterocycles. The zero-order chi connectivity index (χ0) is 21.5. The first-order valence-electron chi connectivity index (χ1n) is 11.1. The van der Waals surface area contributed by atoms with Gasteiger partial charge in [0.1, 0.15) is 0 Å². The largest absolute Gasteiger partial charge is 0.369 e. The highest BCUT2D eigenvalue weighted by Crippen LogP contribution is 2.18. The molecule has 31 heavy (non-hydrogen) atoms. The highest BCUT2D eigenvalue weighted by Gasteiger charge is 2.14. The summed E-state index contributed by atoms with van der Waals surface area (Å²) in [5.41, 5.74) is 5.53. The van der Waals surface area contributed by atoms with Crippen LogP contribution in [0.15, 0.2) is 78.9 Å². The molecule has 4 nitrogen and oxygen atoms in total. The second-order valence-electron chi connectivity index (χ2n) is 8.28. The number of nitrogens with one attached hydrogen (secondary N) is 1. The van der Waals surface area contributed by atoms with Crippen molar-refractivity contribution in [1.29, 1.82) is 0 Å². The van der Waals surface area contributed by atoms with Crippen LogP contribution >= 0.6 is 0 Å². The number of amides is 1. The molecular formula is C27H31N3O. The van der Waals surface area contributed by atoms with Crippen LogP contribution in [0.5, 0.6) is 0 Å². The molecule has 1 heterocycles. The summed E-state index contributed by atoms with van der Waals surface area (Å²) in [4.78, 5) is 17.7. The van der Waals surface area contributed by atoms with Crippen molar-refractivity contribution in [3.05, 3.63) is 101 Å². The predicted octanol–water partition coefficient (Wildman–Crippen LogP) is 4.15. The minimum absolute atomic E-state index is 0.00759. The maximum atomic E-state index is 12.9. The summed E-state index contributed by atoms with van der Waals surface area (Å²) in [6, 6.07) is 26.9. The Bertz CT molecular complexity index is 977. The lowest BCUT2D eigenvalue weighted by Gasteiger charge is -2.34. The number of rotatable bonds is 7. The molecule has 1 N–H and O–H groups in total. The van der Waals surface area contributed by atoms with Crippen molar-refractivity contribution in [2.75, 3.05) is 38.1 Å². The van der Waals surface area contributed by atoms with E-state index in [0.29, 0.717) is 6.54 Å². The van der Waals surface area contributed by atoms with Gasteiger partial charge in [-0.1, -0.05) is 60.7 Å². The first-order valence-corrected chi connectivity index (χ1v) is 11.1. The lowest BCUT2D eigenvalue weighted by atomic mass is 9.99. The zero-order valence-corrected chi connectivity index (χ0v) is 18.3. The number of anilines is 1. The topological polar surface area (TPSA) is 35.6 Å². The van der Waals surface area contributed by atoms with Gasteiger partial charge < -0.3 is 15.1 Å². The Morgan fingerprint density at radius 2 is 1.45 bits per heavy atom. The Morgan fingerprint density at radius 3 is 2.19 bits per heavy atom. The molecule has 4 rings (SSSR count). The first-order chi connectivity index (χ1) is 15.2. The number of likely N-dealkylation sites (N-methyl/N-ethyl adjacent to an activating group) is 1. The third-order valence-electron chi connectivity index (χ3n) is 6.05. The molecule has 1 amide bonds. The smallest absolute Gasteiger partial charge is 0.251 e. The zero-order valence-electron chi connectivity index (χ0n) is 18.3. The Morgan fingerprint density at radius 1 is 0.774 bits per heavy atom. The third kappa shape index (κ3) is 5.74. The van der Waals surface area contributed by atoms with E-state index in [-0.39, 0.29) is 5.91 Å². The molecule has 1 fully saturated rings. The maximum absolute atomic E-state index is 12.9. The summed E-state index contributed by atoms with van der Waals surface area (Å²) in [7, 11) is 2.17. The van der Waals surface area contributed by atoms with E-state index < -0.39 is 0 Å². The predicted molar refractivity (Wildman–Crippen MR) is 128 cm³/mol. The van der Waals surface area contributed by atoms with Gasteiger partial charge in [0.15, 0.2) is 0 Å². The van der Waals surface area contributed by atoms with Crippen molar-refractivity contribution in [2.45, 2.75) is 19.4 Å². The standard InChI is InChI=1S/C27H31N3O/c1-29-17-19-30(20-18-29)25-15-12-23(13-16-25)21-28-27(31)26-10-6-5-9-24(26)14-11-22-7-3-2-4-8-22/h2-10,12-13,15-16H,11,14,17-21H2,1H3,(H,28,31). The van der Waals surface area contributed by atoms with Gasteiger partial charge in [0.2, 0.25) is 0 Å². The molecule has 3 aromatic carbocycles. The number of aryl methyl sites for hydroxylation is 2. The van der Waals surface area contributed by atoms with E-state index in [0.717, 1.165) is 55.7 Å². The van der Waals surface area contributed by atoms with Gasteiger partial charge in [0, 0.05) is 44.0 Å². The number of nitrogens with zero attached hydrogens (tertiary/aromatic N) is 2. The highest BCUT2D eigenvalue weighted by molar-refractivity contribution is 5.95. The summed E-state index contributed by atoms with van der Waals surface area (Å²) in [6.07, 6.45) is 1.78. The Hall–Kier alpha value is -3.11. The molecular weight excluding hydrogens is 382 g/mol. The molecule has 0 radical (unpaired) electrons. The van der Waals surface area contributed by atoms with Crippen molar-refractivity contribution < 1.29 is 4.79 Å². The monoisotopic (exact) mass is 413 g/mol. The summed E-state index contributed by atoms with van der Waals surface area (Å²) in [5.74, 6) is -0.00759. The number of piperazine rings is 1. The van der Waals surface area contributed by atoms with E-state index in [1.54, 1.807) is 0 Å². The van der Waals surface area contributed by atoms with Crippen molar-refractivity contribution in [3.8, 4) is 0 Å². The Labute approximate surface area is 185 Å². The molecule has 160 valence electrons. The van der Waals surface area contributed by atoms with Gasteiger partial charge >= 0.3 is 0 Å². The minimum atomic E-state index is -0.00759. The van der Waals surface area contributed by atoms with Gasteiger partial charge in [0.05, 0.1) is 0 Å². The molecule has 1 aliphatic heterocycles. The Kier molecular flexibility index (Phi) is 7.00. The fourth-order valence-corrected chi connectivity index (χ4v) is 4.05. The van der Waals surface area contributed by atoms with Crippen LogP contribution in [0.1, 0.15) is 27.0 Å². The molecule has 0 bridgehead atoms. The summed E-state index contributed by atoms with van der Waals surface area (Å²) < 4.78 is 0. The van der Waals surface area contributed by atoms with E-state index in [1.807, 2.05) is 24.3 Å². The van der Waals surface area contributed by atoms with Crippen molar-refractivity contribution in [3.63, 3.8) is 0 Å². The lowest BCUT2D eigenvalue weighted by Crippen LogP contribution is -2.44. The average molecular weight is 414 g/mol. The van der Waals surface area contributed by atoms with Crippen LogP contribution < -0.4 is 10.2 Å². The van der Waals surface area contributed by atoms with Crippen LogP contribution in [0.3, 0.4) is 0 Å². The molecule has 0 aliphatic carbocycles. The quantitative estimate of drug-likeness (QED) is 0.632. The molecule has 0 unspecified atom stereocenters. The lowest BCUT2D eigenvalue weighted by molar-refractivity contribution is 0.0950. The maximum Gasteiger partial charge on any atom is 0.251 e. The fraction of sp³-hybridized carbons (Fsp3) is 0.296. The van der Waals surface area contributed by atoms with Crippen LogP contribution in [0.2, 0.25) is 0 Å². The summed E-state index contributed by atoms with van der Waals surface area (Å²) in [6.45, 7) is 4.86. The van der Waals surface area contributed by atoms with Gasteiger partial charge in [-0.05, 0) is 54.8 Å². The van der Waals surface area contributed by atoms with Crippen LogP contribution in [0.25, 0.3) is 0 Å². The molecule has 0 atom stereocenters. The van der Waals surface area contributed by atoms with Gasteiger partial charge in [-0.2, -0.15) is 0 Å². The van der Waals surface area contributed by atoms with E-state index in [9.17, 15) is 4.79 Å². The normalized spacial score (nSPS) is 14.4. The number of benzene rings is 3. The van der Waals surface area contributed by atoms with E-state index in [2.05, 4.69) is 76.8 Å². The van der Waals surface area contributed by atoms with Gasteiger partial charge in [0.25, 0.3) is 5.91 Å². The third-order valence-corrected chi connectivity index (χ3v) is 6.05. The van der Waals surface area contributed by atoms with Crippen LogP contribution in [0.4, 0.5) is 5.69 Å². The number of hydrogen-bond donors (Lipinski definition) is 1. The molecule has 4 heteroatoms. The summed E-state index contributed by atoms with van der Waals surface area (Å²) >= 11 is 0. The first kappa shape index (κ1) is 21.1. The van der Waals surface area contributed by atoms with E-state index in [4.69, 9.17) is 0 Å². The van der Waals surface area contributed by atoms with Gasteiger partial charge in [-0.3, -0.25) is 4.79 Å². The van der Waals surface area contributed by atoms with Crippen LogP contribution in [0, 0.1) is 0 Å². The van der Waals surface area contributed by atoms with Gasteiger partial charge in [-0.25, -0.2) is 0 Å². The second kappa shape index (κ2) is 10.3. The van der Waals surface area contributed by atoms with E-state index in [1.165, 1.54) is 11.3 Å². The van der Waals surface area contributed by atoms with E-state index >= 15 is 0 Å².